The third-order valence-corrected chi connectivity index (χ3v) is 5.97. The second-order valence-corrected chi connectivity index (χ2v) is 7.90. The molecule has 1 aliphatic rings. The molecule has 1 aromatic heterocycles. The summed E-state index contributed by atoms with van der Waals surface area (Å²) in [5.41, 5.74) is 1.01. The van der Waals surface area contributed by atoms with Gasteiger partial charge in [-0.3, -0.25) is 24.2 Å². The van der Waals surface area contributed by atoms with Crippen LogP contribution < -0.4 is 5.32 Å². The molecule has 1 N–H and O–H groups in total. The SMILES string of the molecule is CCN(CC)C(=O)CN1CCN(C(C)C(=O)Nc2c(C(C)=O)oc3ccccc23)CC1. The Morgan fingerprint density at radius 2 is 1.74 bits per heavy atom. The van der Waals surface area contributed by atoms with E-state index in [0.717, 1.165) is 26.2 Å². The molecule has 1 aliphatic heterocycles. The van der Waals surface area contributed by atoms with Gasteiger partial charge in [0.25, 0.3) is 0 Å². The van der Waals surface area contributed by atoms with Gasteiger partial charge in [0.1, 0.15) is 5.58 Å². The number of benzene rings is 1. The Hall–Kier alpha value is -2.71. The number of nitrogens with one attached hydrogen (secondary N) is 1. The Morgan fingerprint density at radius 1 is 1.10 bits per heavy atom. The molecule has 0 radical (unpaired) electrons. The maximum absolute atomic E-state index is 13.0. The Kier molecular flexibility index (Phi) is 7.46. The molecule has 1 fully saturated rings. The number of piperazine rings is 1. The molecular formula is C23H32N4O4. The lowest BCUT2D eigenvalue weighted by Crippen LogP contribution is -2.54. The molecule has 1 saturated heterocycles. The summed E-state index contributed by atoms with van der Waals surface area (Å²) >= 11 is 0. The summed E-state index contributed by atoms with van der Waals surface area (Å²) in [6, 6.07) is 6.92. The standard InChI is InChI=1S/C23H32N4O4/c1-5-26(6-2)20(29)15-25-11-13-27(14-12-25)16(3)23(30)24-21-18-9-7-8-10-19(18)31-22(21)17(4)28/h7-10,16H,5-6,11-15H2,1-4H3,(H,24,30). The lowest BCUT2D eigenvalue weighted by atomic mass is 10.1. The van der Waals surface area contributed by atoms with Gasteiger partial charge in [-0.25, -0.2) is 0 Å². The summed E-state index contributed by atoms with van der Waals surface area (Å²) in [5.74, 6) is -0.0957. The zero-order valence-electron chi connectivity index (χ0n) is 18.8. The number of furan rings is 1. The van der Waals surface area contributed by atoms with E-state index in [1.54, 1.807) is 6.07 Å². The van der Waals surface area contributed by atoms with Crippen LogP contribution in [0.2, 0.25) is 0 Å². The smallest absolute Gasteiger partial charge is 0.241 e. The van der Waals surface area contributed by atoms with Crippen molar-refractivity contribution in [3.8, 4) is 0 Å². The average molecular weight is 429 g/mol. The van der Waals surface area contributed by atoms with Crippen LogP contribution in [0, 0.1) is 0 Å². The third kappa shape index (κ3) is 5.14. The minimum absolute atomic E-state index is 0.146. The molecule has 31 heavy (non-hydrogen) atoms. The number of hydrogen-bond donors (Lipinski definition) is 1. The molecule has 2 heterocycles. The van der Waals surface area contributed by atoms with Gasteiger partial charge in [-0.1, -0.05) is 12.1 Å². The van der Waals surface area contributed by atoms with Crippen LogP contribution in [-0.4, -0.2) is 84.2 Å². The highest BCUT2D eigenvalue weighted by atomic mass is 16.3. The normalized spacial score (nSPS) is 16.3. The molecule has 8 nitrogen and oxygen atoms in total. The molecule has 1 unspecified atom stereocenters. The summed E-state index contributed by atoms with van der Waals surface area (Å²) < 4.78 is 5.66. The second-order valence-electron chi connectivity index (χ2n) is 7.90. The predicted molar refractivity (Wildman–Crippen MR) is 120 cm³/mol. The number of carbonyl (C=O) groups excluding carboxylic acids is 3. The van der Waals surface area contributed by atoms with Crippen LogP contribution in [0.3, 0.4) is 0 Å². The van der Waals surface area contributed by atoms with E-state index in [9.17, 15) is 14.4 Å². The van der Waals surface area contributed by atoms with E-state index in [-0.39, 0.29) is 29.4 Å². The van der Waals surface area contributed by atoms with Crippen molar-refractivity contribution < 1.29 is 18.8 Å². The van der Waals surface area contributed by atoms with Gasteiger partial charge in [0.2, 0.25) is 11.8 Å². The van der Waals surface area contributed by atoms with Gasteiger partial charge in [0.05, 0.1) is 18.3 Å². The van der Waals surface area contributed by atoms with Gasteiger partial charge in [0, 0.05) is 51.6 Å². The first kappa shape index (κ1) is 23.0. The molecule has 2 aromatic rings. The Morgan fingerprint density at radius 3 is 2.35 bits per heavy atom. The highest BCUT2D eigenvalue weighted by molar-refractivity contribution is 6.11. The van der Waals surface area contributed by atoms with Gasteiger partial charge >= 0.3 is 0 Å². The lowest BCUT2D eigenvalue weighted by molar-refractivity contribution is -0.133. The van der Waals surface area contributed by atoms with Gasteiger partial charge in [-0.2, -0.15) is 0 Å². The van der Waals surface area contributed by atoms with Crippen LogP contribution in [0.4, 0.5) is 5.69 Å². The molecule has 1 atom stereocenters. The number of fused-ring (bicyclic) bond motifs is 1. The number of likely N-dealkylation sites (N-methyl/N-ethyl adjacent to an activating group) is 1. The van der Waals surface area contributed by atoms with Gasteiger partial charge in [-0.05, 0) is 32.9 Å². The maximum atomic E-state index is 13.0. The highest BCUT2D eigenvalue weighted by Gasteiger charge is 2.28. The first-order valence-corrected chi connectivity index (χ1v) is 10.9. The maximum Gasteiger partial charge on any atom is 0.241 e. The topological polar surface area (TPSA) is 86.1 Å². The van der Waals surface area contributed by atoms with E-state index in [4.69, 9.17) is 4.42 Å². The summed E-state index contributed by atoms with van der Waals surface area (Å²) in [7, 11) is 0. The zero-order valence-corrected chi connectivity index (χ0v) is 18.8. The molecule has 168 valence electrons. The fraction of sp³-hybridized carbons (Fsp3) is 0.522. The fourth-order valence-corrected chi connectivity index (χ4v) is 3.99. The van der Waals surface area contributed by atoms with Crippen LogP contribution in [0.25, 0.3) is 11.0 Å². The molecule has 0 bridgehead atoms. The summed E-state index contributed by atoms with van der Waals surface area (Å²) in [5, 5.41) is 3.63. The van der Waals surface area contributed by atoms with Crippen LogP contribution in [0.15, 0.2) is 28.7 Å². The largest absolute Gasteiger partial charge is 0.451 e. The number of ketones is 1. The zero-order chi connectivity index (χ0) is 22.5. The van der Waals surface area contributed by atoms with E-state index >= 15 is 0 Å². The average Bonchev–Trinajstić information content (AvgIpc) is 3.13. The summed E-state index contributed by atoms with van der Waals surface area (Å²) in [4.78, 5) is 43.4. The molecule has 0 saturated carbocycles. The molecule has 0 spiro atoms. The molecule has 2 amide bonds. The van der Waals surface area contributed by atoms with Crippen LogP contribution in [0.1, 0.15) is 38.2 Å². The van der Waals surface area contributed by atoms with E-state index in [0.29, 0.717) is 36.3 Å². The van der Waals surface area contributed by atoms with Gasteiger partial charge in [-0.15, -0.1) is 0 Å². The predicted octanol–water partition coefficient (Wildman–Crippen LogP) is 2.45. The van der Waals surface area contributed by atoms with Crippen molar-refractivity contribution >= 4 is 34.3 Å². The van der Waals surface area contributed by atoms with Crippen LogP contribution in [-0.2, 0) is 9.59 Å². The third-order valence-electron chi connectivity index (χ3n) is 5.97. The van der Waals surface area contributed by atoms with Crippen molar-refractivity contribution in [3.63, 3.8) is 0 Å². The van der Waals surface area contributed by atoms with Gasteiger partial charge < -0.3 is 14.6 Å². The Bertz CT molecular complexity index is 942. The number of Topliss-reactive ketones (excluding diaryl/α,β-unsaturated/α-hetero) is 1. The van der Waals surface area contributed by atoms with Crippen molar-refractivity contribution in [2.75, 3.05) is 51.1 Å². The van der Waals surface area contributed by atoms with Crippen molar-refractivity contribution in [2.45, 2.75) is 33.7 Å². The first-order valence-electron chi connectivity index (χ1n) is 10.9. The minimum atomic E-state index is -0.367. The van der Waals surface area contributed by atoms with E-state index in [2.05, 4.69) is 15.1 Å². The number of para-hydroxylation sites is 1. The summed E-state index contributed by atoms with van der Waals surface area (Å²) in [6.07, 6.45) is 0. The number of carbonyl (C=O) groups is 3. The summed E-state index contributed by atoms with van der Waals surface area (Å²) in [6.45, 7) is 12.0. The molecular weight excluding hydrogens is 396 g/mol. The van der Waals surface area contributed by atoms with Crippen molar-refractivity contribution in [3.05, 3.63) is 30.0 Å². The quantitative estimate of drug-likeness (QED) is 0.650. The number of amides is 2. The lowest BCUT2D eigenvalue weighted by Gasteiger charge is -2.37. The first-order chi connectivity index (χ1) is 14.8. The fourth-order valence-electron chi connectivity index (χ4n) is 3.99. The Balaban J connectivity index is 1.61. The number of anilines is 1. The van der Waals surface area contributed by atoms with Gasteiger partial charge in [0.15, 0.2) is 11.5 Å². The second kappa shape index (κ2) is 10.1. The molecule has 0 aliphatic carbocycles. The monoisotopic (exact) mass is 428 g/mol. The number of rotatable bonds is 8. The highest BCUT2D eigenvalue weighted by Crippen LogP contribution is 2.31. The Labute approximate surface area is 183 Å². The van der Waals surface area contributed by atoms with Crippen LogP contribution >= 0.6 is 0 Å². The number of nitrogens with zero attached hydrogens (tertiary/aromatic N) is 3. The number of hydrogen-bond acceptors (Lipinski definition) is 6. The van der Waals surface area contributed by atoms with Crippen molar-refractivity contribution in [1.29, 1.82) is 0 Å². The van der Waals surface area contributed by atoms with Crippen molar-refractivity contribution in [2.24, 2.45) is 0 Å². The molecule has 1 aromatic carbocycles. The van der Waals surface area contributed by atoms with E-state index < -0.39 is 0 Å². The van der Waals surface area contributed by atoms with Crippen LogP contribution in [0.5, 0.6) is 0 Å². The molecule has 3 rings (SSSR count). The van der Waals surface area contributed by atoms with Crippen molar-refractivity contribution in [1.82, 2.24) is 14.7 Å². The van der Waals surface area contributed by atoms with E-state index in [1.165, 1.54) is 6.92 Å². The molecule has 8 heteroatoms. The minimum Gasteiger partial charge on any atom is -0.451 e. The van der Waals surface area contributed by atoms with E-state index in [1.807, 2.05) is 43.9 Å².